The lowest BCUT2D eigenvalue weighted by Gasteiger charge is -2.44. The normalized spacial score (nSPS) is 22.0. The van der Waals surface area contributed by atoms with Crippen LogP contribution in [0.3, 0.4) is 0 Å². The molecule has 1 aliphatic heterocycles. The number of aliphatic hydroxyl groups is 1. The monoisotopic (exact) mass is 480 g/mol. The molecule has 4 nitrogen and oxygen atoms in total. The van der Waals surface area contributed by atoms with Crippen molar-refractivity contribution in [1.82, 2.24) is 0 Å². The number of aliphatic hydroxyl groups excluding tert-OH is 1. The van der Waals surface area contributed by atoms with E-state index in [1.807, 2.05) is 23.5 Å². The van der Waals surface area contributed by atoms with Gasteiger partial charge < -0.3 is 19.0 Å². The average molecular weight is 481 g/mol. The molecule has 0 aromatic heterocycles. The summed E-state index contributed by atoms with van der Waals surface area (Å²) in [6.45, 7) is 18.0. The average Bonchev–Trinajstić information content (AvgIpc) is 2.67. The van der Waals surface area contributed by atoms with Crippen molar-refractivity contribution in [3.05, 3.63) is 0 Å². The minimum absolute atomic E-state index is 0.0214. The lowest BCUT2D eigenvalue weighted by atomic mass is 9.91. The first kappa shape index (κ1) is 28.8. The molecule has 0 amide bonds. The molecule has 0 aromatic rings. The van der Waals surface area contributed by atoms with E-state index < -0.39 is 8.32 Å². The van der Waals surface area contributed by atoms with Gasteiger partial charge >= 0.3 is 0 Å². The van der Waals surface area contributed by atoms with Gasteiger partial charge in [-0.25, -0.2) is 0 Å². The Morgan fingerprint density at radius 1 is 0.967 bits per heavy atom. The molecule has 180 valence electrons. The zero-order valence-electron chi connectivity index (χ0n) is 21.1. The molecule has 0 aliphatic carbocycles. The summed E-state index contributed by atoms with van der Waals surface area (Å²) in [5.74, 6) is 2.94. The van der Waals surface area contributed by atoms with E-state index in [4.69, 9.17) is 13.9 Å². The Morgan fingerprint density at radius 2 is 1.47 bits per heavy atom. The summed E-state index contributed by atoms with van der Waals surface area (Å²) in [4.78, 5) is 0. The number of rotatable bonds is 12. The van der Waals surface area contributed by atoms with Crippen LogP contribution in [0.5, 0.6) is 0 Å². The SMILES string of the molecule is CO[C@@H](CC(C)C)[C@@H](O[Si](C)(C)C(C)(C)C)[C@H](C[C@@H](C)C(O)C1SCCCS1)OC. The van der Waals surface area contributed by atoms with Crippen molar-refractivity contribution in [3.8, 4) is 0 Å². The van der Waals surface area contributed by atoms with Crippen molar-refractivity contribution in [3.63, 3.8) is 0 Å². The molecule has 1 rings (SSSR count). The summed E-state index contributed by atoms with van der Waals surface area (Å²) in [5.41, 5.74) is 0. The van der Waals surface area contributed by atoms with Gasteiger partial charge in [0.1, 0.15) is 0 Å². The highest BCUT2D eigenvalue weighted by Crippen LogP contribution is 2.40. The van der Waals surface area contributed by atoms with E-state index >= 15 is 0 Å². The van der Waals surface area contributed by atoms with Gasteiger partial charge in [-0.3, -0.25) is 0 Å². The third-order valence-corrected chi connectivity index (χ3v) is 14.2. The van der Waals surface area contributed by atoms with Crippen LogP contribution in [0.4, 0.5) is 0 Å². The fraction of sp³-hybridized carbons (Fsp3) is 1.00. The lowest BCUT2D eigenvalue weighted by Crippen LogP contribution is -2.53. The maximum absolute atomic E-state index is 11.0. The van der Waals surface area contributed by atoms with E-state index in [2.05, 4.69) is 54.6 Å². The topological polar surface area (TPSA) is 47.9 Å². The Balaban J connectivity index is 3.04. The van der Waals surface area contributed by atoms with Crippen molar-refractivity contribution in [2.75, 3.05) is 25.7 Å². The maximum Gasteiger partial charge on any atom is 0.192 e. The lowest BCUT2D eigenvalue weighted by molar-refractivity contribution is -0.0972. The molecule has 0 aromatic carbocycles. The summed E-state index contributed by atoms with van der Waals surface area (Å²) in [7, 11) is 1.54. The highest BCUT2D eigenvalue weighted by atomic mass is 32.2. The second-order valence-corrected chi connectivity index (χ2v) is 18.2. The quantitative estimate of drug-likeness (QED) is 0.344. The van der Waals surface area contributed by atoms with Crippen molar-refractivity contribution < 1.29 is 19.0 Å². The minimum atomic E-state index is -2.02. The maximum atomic E-state index is 11.0. The molecule has 1 N–H and O–H groups in total. The molecule has 30 heavy (non-hydrogen) atoms. The molecular formula is C23H48O4S2Si. The Morgan fingerprint density at radius 3 is 1.90 bits per heavy atom. The Bertz CT molecular complexity index is 478. The first-order valence-electron chi connectivity index (χ1n) is 11.5. The molecule has 5 atom stereocenters. The molecule has 1 heterocycles. The zero-order valence-corrected chi connectivity index (χ0v) is 23.7. The third kappa shape index (κ3) is 8.60. The van der Waals surface area contributed by atoms with E-state index in [1.54, 1.807) is 14.2 Å². The van der Waals surface area contributed by atoms with Crippen LogP contribution in [0.25, 0.3) is 0 Å². The fourth-order valence-corrected chi connectivity index (χ4v) is 8.08. The zero-order chi connectivity index (χ0) is 23.1. The highest BCUT2D eigenvalue weighted by Gasteiger charge is 2.44. The molecule has 1 saturated heterocycles. The number of methoxy groups -OCH3 is 2. The van der Waals surface area contributed by atoms with Crippen LogP contribution in [0.2, 0.25) is 18.1 Å². The molecule has 0 saturated carbocycles. The van der Waals surface area contributed by atoms with E-state index in [9.17, 15) is 5.11 Å². The summed E-state index contributed by atoms with van der Waals surface area (Å²) >= 11 is 3.80. The predicted molar refractivity (Wildman–Crippen MR) is 136 cm³/mol. The van der Waals surface area contributed by atoms with Crippen molar-refractivity contribution in [2.24, 2.45) is 11.8 Å². The number of hydrogen-bond acceptors (Lipinski definition) is 6. The van der Waals surface area contributed by atoms with Crippen LogP contribution in [0, 0.1) is 11.8 Å². The standard InChI is InChI=1S/C23H48O4S2Si/c1-16(2)14-18(25-7)21(27-30(9,10)23(4,5)6)19(26-8)15-17(3)20(24)22-28-12-11-13-29-22/h16-22,24H,11-15H2,1-10H3/t17-,18+,19+,20?,21-/m1/s1. The van der Waals surface area contributed by atoms with Crippen LogP contribution in [0.1, 0.15) is 60.8 Å². The summed E-state index contributed by atoms with van der Waals surface area (Å²) in [6.07, 6.45) is 2.34. The first-order chi connectivity index (χ1) is 13.8. The molecule has 0 bridgehead atoms. The van der Waals surface area contributed by atoms with Crippen LogP contribution in [0.15, 0.2) is 0 Å². The van der Waals surface area contributed by atoms with Gasteiger partial charge in [0.25, 0.3) is 0 Å². The largest absolute Gasteiger partial charge is 0.409 e. The van der Waals surface area contributed by atoms with Gasteiger partial charge in [-0.05, 0) is 60.7 Å². The highest BCUT2D eigenvalue weighted by molar-refractivity contribution is 8.17. The number of hydrogen-bond donors (Lipinski definition) is 1. The van der Waals surface area contributed by atoms with Gasteiger partial charge in [0.15, 0.2) is 8.32 Å². The fourth-order valence-electron chi connectivity index (χ4n) is 3.58. The van der Waals surface area contributed by atoms with E-state index in [0.29, 0.717) is 5.92 Å². The van der Waals surface area contributed by atoms with Crippen LogP contribution >= 0.6 is 23.5 Å². The van der Waals surface area contributed by atoms with Gasteiger partial charge in [-0.1, -0.05) is 41.5 Å². The summed E-state index contributed by atoms with van der Waals surface area (Å²) in [6, 6.07) is 0. The van der Waals surface area contributed by atoms with Gasteiger partial charge in [0, 0.05) is 14.2 Å². The first-order valence-corrected chi connectivity index (χ1v) is 16.5. The van der Waals surface area contributed by atoms with Crippen LogP contribution in [-0.2, 0) is 13.9 Å². The Kier molecular flexibility index (Phi) is 12.3. The molecule has 1 unspecified atom stereocenters. The van der Waals surface area contributed by atoms with Crippen LogP contribution < -0.4 is 0 Å². The molecule has 7 heteroatoms. The Hall–Kier alpha value is 0.757. The van der Waals surface area contributed by atoms with Crippen molar-refractivity contribution in [1.29, 1.82) is 0 Å². The second-order valence-electron chi connectivity index (χ2n) is 10.7. The van der Waals surface area contributed by atoms with Gasteiger partial charge in [-0.15, -0.1) is 23.5 Å². The van der Waals surface area contributed by atoms with E-state index in [0.717, 1.165) is 24.3 Å². The molecule has 0 spiro atoms. The number of ether oxygens (including phenoxy) is 2. The third-order valence-electron chi connectivity index (χ3n) is 6.60. The summed E-state index contributed by atoms with van der Waals surface area (Å²) in [5, 5.41) is 11.1. The smallest absolute Gasteiger partial charge is 0.192 e. The molecule has 0 radical (unpaired) electrons. The molecule has 1 fully saturated rings. The predicted octanol–water partition coefficient (Wildman–Crippen LogP) is 6.04. The van der Waals surface area contributed by atoms with Crippen molar-refractivity contribution >= 4 is 31.8 Å². The van der Waals surface area contributed by atoms with E-state index in [-0.39, 0.29) is 40.0 Å². The minimum Gasteiger partial charge on any atom is -0.409 e. The van der Waals surface area contributed by atoms with Gasteiger partial charge in [0.05, 0.1) is 29.0 Å². The Labute approximate surface area is 196 Å². The van der Waals surface area contributed by atoms with Crippen LogP contribution in [-0.4, -0.2) is 68.1 Å². The van der Waals surface area contributed by atoms with Crippen molar-refractivity contribution in [2.45, 2.75) is 108 Å². The molecule has 1 aliphatic rings. The second kappa shape index (κ2) is 12.9. The summed E-state index contributed by atoms with van der Waals surface area (Å²) < 4.78 is 19.2. The van der Waals surface area contributed by atoms with Gasteiger partial charge in [-0.2, -0.15) is 0 Å². The number of thioether (sulfide) groups is 2. The van der Waals surface area contributed by atoms with E-state index in [1.165, 1.54) is 6.42 Å². The molecular weight excluding hydrogens is 432 g/mol. The van der Waals surface area contributed by atoms with Gasteiger partial charge in [0.2, 0.25) is 0 Å².